The zero-order valence-corrected chi connectivity index (χ0v) is 15.9. The number of hydrogen-bond donors (Lipinski definition) is 2. The van der Waals surface area contributed by atoms with Crippen LogP contribution in [-0.4, -0.2) is 24.6 Å². The number of aryl methyl sites for hydroxylation is 2. The summed E-state index contributed by atoms with van der Waals surface area (Å²) >= 11 is -0.518. The molecule has 0 fully saturated rings. The van der Waals surface area contributed by atoms with Gasteiger partial charge in [0.15, 0.2) is 16.2 Å². The first-order valence-corrected chi connectivity index (χ1v) is 9.94. The molecular formula is C18H17N3O3S2. The number of rotatable bonds is 5. The number of nitrogens with one attached hydrogen (secondary N) is 1. The third-order valence-corrected chi connectivity index (χ3v) is 5.14. The minimum absolute atomic E-state index is 0.103. The van der Waals surface area contributed by atoms with Crippen LogP contribution in [0.1, 0.15) is 27.0 Å². The van der Waals surface area contributed by atoms with Crippen molar-refractivity contribution < 1.29 is 13.6 Å². The van der Waals surface area contributed by atoms with Gasteiger partial charge in [0.2, 0.25) is 0 Å². The lowest BCUT2D eigenvalue weighted by Crippen LogP contribution is -2.11. The Morgan fingerprint density at radius 1 is 1.23 bits per heavy atom. The van der Waals surface area contributed by atoms with Crippen molar-refractivity contribution >= 4 is 33.5 Å². The topological polar surface area (TPSA) is 92.2 Å². The van der Waals surface area contributed by atoms with Gasteiger partial charge in [-0.05, 0) is 42.7 Å². The Morgan fingerprint density at radius 3 is 2.50 bits per heavy atom. The Morgan fingerprint density at radius 2 is 1.88 bits per heavy atom. The van der Waals surface area contributed by atoms with Crippen LogP contribution in [0.5, 0.6) is 0 Å². The summed E-state index contributed by atoms with van der Waals surface area (Å²) < 4.78 is 20.1. The van der Waals surface area contributed by atoms with Crippen molar-refractivity contribution in [3.63, 3.8) is 0 Å². The van der Waals surface area contributed by atoms with Crippen LogP contribution < -0.4 is 5.32 Å². The van der Waals surface area contributed by atoms with Gasteiger partial charge in [0.05, 0.1) is 11.4 Å². The molecular weight excluding hydrogens is 370 g/mol. The fraction of sp³-hybridized carbons (Fsp3) is 0.167. The van der Waals surface area contributed by atoms with Crippen LogP contribution >= 0.6 is 11.3 Å². The van der Waals surface area contributed by atoms with Crippen LogP contribution in [-0.2, 0) is 16.8 Å². The van der Waals surface area contributed by atoms with E-state index < -0.39 is 11.1 Å². The standard InChI is InChI=1S/C18H17N3O3S2/c1-11-7-13(10-26(23)24)8-12(2)16(11)15-9-25-18(20-15)21-17(22)14-3-5-19-6-4-14/h3-9H,10H2,1-2H3,(H,23,24)(H,20,21,22). The molecule has 26 heavy (non-hydrogen) atoms. The van der Waals surface area contributed by atoms with Gasteiger partial charge in [-0.2, -0.15) is 0 Å². The van der Waals surface area contributed by atoms with E-state index in [1.54, 1.807) is 24.5 Å². The van der Waals surface area contributed by atoms with Gasteiger partial charge < -0.3 is 4.55 Å². The van der Waals surface area contributed by atoms with Crippen molar-refractivity contribution in [3.05, 3.63) is 64.3 Å². The molecule has 1 aromatic carbocycles. The highest BCUT2D eigenvalue weighted by atomic mass is 32.2. The molecule has 1 unspecified atom stereocenters. The Balaban J connectivity index is 1.84. The van der Waals surface area contributed by atoms with E-state index in [1.165, 1.54) is 11.3 Å². The molecule has 3 rings (SSSR count). The van der Waals surface area contributed by atoms with Crippen molar-refractivity contribution in [2.24, 2.45) is 0 Å². The Labute approximate surface area is 157 Å². The average Bonchev–Trinajstić information content (AvgIpc) is 3.02. The number of hydrogen-bond acceptors (Lipinski definition) is 5. The van der Waals surface area contributed by atoms with E-state index in [0.717, 1.165) is 27.9 Å². The molecule has 0 bridgehead atoms. The first kappa shape index (κ1) is 18.4. The van der Waals surface area contributed by atoms with E-state index in [4.69, 9.17) is 4.55 Å². The molecule has 0 saturated heterocycles. The number of carbonyl (C=O) groups excluding carboxylic acids is 1. The van der Waals surface area contributed by atoms with Gasteiger partial charge in [-0.25, -0.2) is 9.19 Å². The SMILES string of the molecule is Cc1cc(CS(=O)O)cc(C)c1-c1csc(NC(=O)c2ccncc2)n1. The molecule has 8 heteroatoms. The Bertz CT molecular complexity index is 948. The summed E-state index contributed by atoms with van der Waals surface area (Å²) in [4.78, 5) is 20.6. The maximum atomic E-state index is 12.2. The molecule has 134 valence electrons. The second-order valence-corrected chi connectivity index (χ2v) is 7.59. The van der Waals surface area contributed by atoms with Gasteiger partial charge in [0.1, 0.15) is 0 Å². The number of amides is 1. The monoisotopic (exact) mass is 387 g/mol. The van der Waals surface area contributed by atoms with E-state index in [-0.39, 0.29) is 11.7 Å². The molecule has 1 amide bonds. The zero-order chi connectivity index (χ0) is 18.7. The molecule has 2 aromatic heterocycles. The molecule has 2 heterocycles. The van der Waals surface area contributed by atoms with Crippen molar-refractivity contribution in [2.75, 3.05) is 5.32 Å². The van der Waals surface area contributed by atoms with Crippen molar-refractivity contribution in [3.8, 4) is 11.3 Å². The molecule has 0 saturated carbocycles. The van der Waals surface area contributed by atoms with Crippen molar-refractivity contribution in [1.29, 1.82) is 0 Å². The summed E-state index contributed by atoms with van der Waals surface area (Å²) in [6.07, 6.45) is 3.13. The van der Waals surface area contributed by atoms with Gasteiger partial charge in [-0.1, -0.05) is 12.1 Å². The van der Waals surface area contributed by atoms with Crippen molar-refractivity contribution in [1.82, 2.24) is 9.97 Å². The number of nitrogens with zero attached hydrogens (tertiary/aromatic N) is 2. The summed E-state index contributed by atoms with van der Waals surface area (Å²) in [5, 5.41) is 5.20. The largest absolute Gasteiger partial charge is 0.306 e. The molecule has 0 aliphatic heterocycles. The van der Waals surface area contributed by atoms with E-state index in [1.807, 2.05) is 31.4 Å². The highest BCUT2D eigenvalue weighted by Crippen LogP contribution is 2.31. The molecule has 0 spiro atoms. The number of pyridine rings is 1. The lowest BCUT2D eigenvalue weighted by molar-refractivity contribution is 0.102. The van der Waals surface area contributed by atoms with Gasteiger partial charge in [-0.15, -0.1) is 11.3 Å². The number of thiazole rings is 1. The maximum Gasteiger partial charge on any atom is 0.257 e. The maximum absolute atomic E-state index is 12.2. The van der Waals surface area contributed by atoms with Crippen molar-refractivity contribution in [2.45, 2.75) is 19.6 Å². The number of benzene rings is 1. The minimum Gasteiger partial charge on any atom is -0.306 e. The summed E-state index contributed by atoms with van der Waals surface area (Å²) in [7, 11) is 0. The fourth-order valence-electron chi connectivity index (χ4n) is 2.80. The highest BCUT2D eigenvalue weighted by Gasteiger charge is 2.14. The number of anilines is 1. The molecule has 0 aliphatic carbocycles. The van der Waals surface area contributed by atoms with E-state index in [2.05, 4.69) is 15.3 Å². The van der Waals surface area contributed by atoms with E-state index in [0.29, 0.717) is 10.7 Å². The minimum atomic E-state index is -1.87. The number of aromatic nitrogens is 2. The quantitative estimate of drug-likeness (QED) is 0.650. The van der Waals surface area contributed by atoms with Gasteiger partial charge in [0.25, 0.3) is 5.91 Å². The predicted octanol–water partition coefficient (Wildman–Crippen LogP) is 3.80. The predicted molar refractivity (Wildman–Crippen MR) is 104 cm³/mol. The lowest BCUT2D eigenvalue weighted by Gasteiger charge is -2.10. The third kappa shape index (κ3) is 4.21. The first-order chi connectivity index (χ1) is 12.4. The second kappa shape index (κ2) is 7.86. The summed E-state index contributed by atoms with van der Waals surface area (Å²) in [5.74, 6) is -0.130. The van der Waals surface area contributed by atoms with Crippen LogP contribution in [0.3, 0.4) is 0 Å². The molecule has 3 aromatic rings. The number of carbonyl (C=O) groups is 1. The van der Waals surface area contributed by atoms with E-state index >= 15 is 0 Å². The lowest BCUT2D eigenvalue weighted by atomic mass is 9.98. The zero-order valence-electron chi connectivity index (χ0n) is 14.2. The van der Waals surface area contributed by atoms with Crippen LogP contribution in [0.2, 0.25) is 0 Å². The van der Waals surface area contributed by atoms with Crippen LogP contribution in [0, 0.1) is 13.8 Å². The first-order valence-electron chi connectivity index (χ1n) is 7.79. The molecule has 6 nitrogen and oxygen atoms in total. The molecule has 0 radical (unpaired) electrons. The Hall–Kier alpha value is -2.42. The highest BCUT2D eigenvalue weighted by molar-refractivity contribution is 7.78. The van der Waals surface area contributed by atoms with Crippen LogP contribution in [0.15, 0.2) is 42.0 Å². The summed E-state index contributed by atoms with van der Waals surface area (Å²) in [6.45, 7) is 3.89. The molecule has 2 N–H and O–H groups in total. The normalized spacial score (nSPS) is 12.0. The fourth-order valence-corrected chi connectivity index (χ4v) is 3.95. The smallest absolute Gasteiger partial charge is 0.257 e. The molecule has 1 atom stereocenters. The molecule has 0 aliphatic rings. The Kier molecular flexibility index (Phi) is 5.55. The summed E-state index contributed by atoms with van der Waals surface area (Å²) in [5.41, 5.74) is 5.02. The average molecular weight is 387 g/mol. The van der Waals surface area contributed by atoms with Gasteiger partial charge >= 0.3 is 0 Å². The van der Waals surface area contributed by atoms with Gasteiger partial charge in [-0.3, -0.25) is 15.1 Å². The van der Waals surface area contributed by atoms with Gasteiger partial charge in [0, 0.05) is 28.9 Å². The van der Waals surface area contributed by atoms with Crippen LogP contribution in [0.4, 0.5) is 5.13 Å². The summed E-state index contributed by atoms with van der Waals surface area (Å²) in [6, 6.07) is 7.07. The second-order valence-electron chi connectivity index (χ2n) is 5.80. The van der Waals surface area contributed by atoms with Crippen LogP contribution in [0.25, 0.3) is 11.3 Å². The third-order valence-electron chi connectivity index (χ3n) is 3.81. The van der Waals surface area contributed by atoms with E-state index in [9.17, 15) is 9.00 Å².